The Balaban J connectivity index is 2.69. The van der Waals surface area contributed by atoms with Crippen LogP contribution in [0.3, 0.4) is 0 Å². The van der Waals surface area contributed by atoms with Crippen molar-refractivity contribution in [2.24, 2.45) is 0 Å². The Morgan fingerprint density at radius 3 is 2.62 bits per heavy atom. The monoisotopic (exact) mass is 306 g/mol. The van der Waals surface area contributed by atoms with Crippen molar-refractivity contribution in [3.8, 4) is 11.4 Å². The summed E-state index contributed by atoms with van der Waals surface area (Å²) < 4.78 is 11.3. The molecule has 0 aliphatic rings. The number of hydrogen-bond acceptors (Lipinski definition) is 6. The number of benzene rings is 1. The highest BCUT2D eigenvalue weighted by Gasteiger charge is 2.17. The van der Waals surface area contributed by atoms with Gasteiger partial charge >= 0.3 is 5.97 Å². The van der Waals surface area contributed by atoms with Crippen molar-refractivity contribution in [3.05, 3.63) is 46.4 Å². The topological polar surface area (TPSA) is 70.4 Å². The minimum Gasteiger partial charge on any atom is -0.495 e. The summed E-state index contributed by atoms with van der Waals surface area (Å²) in [6.07, 6.45) is 1.77. The maximum Gasteiger partial charge on any atom is 0.356 e. The van der Waals surface area contributed by atoms with Gasteiger partial charge in [0.15, 0.2) is 10.9 Å². The molecule has 0 aliphatic heterocycles. The fraction of sp³-hybridized carbons (Fsp3) is 0.214. The van der Waals surface area contributed by atoms with Gasteiger partial charge in [0.2, 0.25) is 0 Å². The standard InChI is InChI=1S/C14H14N2O4S/c1-19-11-7-5-4-6-10(11)16-12(17)8-9(13(18)20-2)15-14(16)21-3/h4-8H,1-3H3. The van der Waals surface area contributed by atoms with Crippen LogP contribution in [0.25, 0.3) is 5.69 Å². The molecule has 1 heterocycles. The van der Waals surface area contributed by atoms with Gasteiger partial charge in [-0.05, 0) is 18.4 Å². The van der Waals surface area contributed by atoms with Crippen LogP contribution in [0.2, 0.25) is 0 Å². The molecule has 21 heavy (non-hydrogen) atoms. The highest BCUT2D eigenvalue weighted by Crippen LogP contribution is 2.24. The SMILES string of the molecule is COC(=O)c1cc(=O)n(-c2ccccc2OC)c(SC)n1. The Labute approximate surface area is 125 Å². The van der Waals surface area contributed by atoms with E-state index >= 15 is 0 Å². The maximum absolute atomic E-state index is 12.4. The van der Waals surface area contributed by atoms with Crippen molar-refractivity contribution < 1.29 is 14.3 Å². The Morgan fingerprint density at radius 2 is 2.00 bits per heavy atom. The van der Waals surface area contributed by atoms with Gasteiger partial charge < -0.3 is 9.47 Å². The number of esters is 1. The number of methoxy groups -OCH3 is 2. The molecule has 110 valence electrons. The van der Waals surface area contributed by atoms with Crippen LogP contribution < -0.4 is 10.3 Å². The summed E-state index contributed by atoms with van der Waals surface area (Å²) in [5, 5.41) is 0.382. The van der Waals surface area contributed by atoms with Crippen LogP contribution in [0.1, 0.15) is 10.5 Å². The van der Waals surface area contributed by atoms with Gasteiger partial charge in [-0.2, -0.15) is 0 Å². The minimum absolute atomic E-state index is 0.0157. The van der Waals surface area contributed by atoms with Crippen molar-refractivity contribution in [3.63, 3.8) is 0 Å². The van der Waals surface area contributed by atoms with Gasteiger partial charge in [0, 0.05) is 6.07 Å². The fourth-order valence-corrected chi connectivity index (χ4v) is 2.40. The zero-order chi connectivity index (χ0) is 15.4. The van der Waals surface area contributed by atoms with Crippen LogP contribution >= 0.6 is 11.8 Å². The maximum atomic E-state index is 12.4. The highest BCUT2D eigenvalue weighted by molar-refractivity contribution is 7.98. The molecule has 0 bridgehead atoms. The van der Waals surface area contributed by atoms with Gasteiger partial charge in [0.25, 0.3) is 5.56 Å². The second kappa shape index (κ2) is 6.45. The lowest BCUT2D eigenvalue weighted by Crippen LogP contribution is -2.24. The molecular formula is C14H14N2O4S. The number of hydrogen-bond donors (Lipinski definition) is 0. The molecule has 7 heteroatoms. The first-order chi connectivity index (χ1) is 10.1. The first-order valence-electron chi connectivity index (χ1n) is 6.02. The summed E-state index contributed by atoms with van der Waals surface area (Å²) in [5.74, 6) is -0.0999. The third-order valence-electron chi connectivity index (χ3n) is 2.79. The number of para-hydroxylation sites is 2. The summed E-state index contributed by atoms with van der Waals surface area (Å²) in [6.45, 7) is 0. The van der Waals surface area contributed by atoms with E-state index in [-0.39, 0.29) is 11.3 Å². The number of rotatable bonds is 4. The van der Waals surface area contributed by atoms with E-state index in [2.05, 4.69) is 9.72 Å². The third kappa shape index (κ3) is 2.92. The lowest BCUT2D eigenvalue weighted by Gasteiger charge is -2.14. The molecule has 0 amide bonds. The summed E-state index contributed by atoms with van der Waals surface area (Å²) in [4.78, 5) is 28.1. The average Bonchev–Trinajstić information content (AvgIpc) is 2.53. The van der Waals surface area contributed by atoms with E-state index in [1.54, 1.807) is 24.5 Å². The van der Waals surface area contributed by atoms with E-state index < -0.39 is 5.97 Å². The van der Waals surface area contributed by atoms with Crippen molar-refractivity contribution >= 4 is 17.7 Å². The zero-order valence-electron chi connectivity index (χ0n) is 11.8. The molecule has 0 aliphatic carbocycles. The molecule has 0 unspecified atom stereocenters. The largest absolute Gasteiger partial charge is 0.495 e. The minimum atomic E-state index is -0.644. The molecule has 0 N–H and O–H groups in total. The Hall–Kier alpha value is -2.28. The number of ether oxygens (including phenoxy) is 2. The Kier molecular flexibility index (Phi) is 4.64. The van der Waals surface area contributed by atoms with Gasteiger partial charge in [-0.15, -0.1) is 0 Å². The van der Waals surface area contributed by atoms with Crippen molar-refractivity contribution in [1.82, 2.24) is 9.55 Å². The average molecular weight is 306 g/mol. The number of carbonyl (C=O) groups excluding carboxylic acids is 1. The molecule has 0 saturated carbocycles. The second-order valence-corrected chi connectivity index (χ2v) is 4.74. The van der Waals surface area contributed by atoms with Crippen molar-refractivity contribution in [2.45, 2.75) is 5.16 Å². The Bertz CT molecular complexity index is 727. The molecule has 0 radical (unpaired) electrons. The molecule has 2 rings (SSSR count). The van der Waals surface area contributed by atoms with E-state index in [4.69, 9.17) is 4.74 Å². The number of nitrogens with zero attached hydrogens (tertiary/aromatic N) is 2. The third-order valence-corrected chi connectivity index (χ3v) is 3.43. The van der Waals surface area contributed by atoms with Crippen LogP contribution in [0.4, 0.5) is 0 Å². The smallest absolute Gasteiger partial charge is 0.356 e. The van der Waals surface area contributed by atoms with Gasteiger partial charge in [0.1, 0.15) is 5.75 Å². The van der Waals surface area contributed by atoms with E-state index in [0.29, 0.717) is 16.6 Å². The normalized spacial score (nSPS) is 10.2. The predicted molar refractivity (Wildman–Crippen MR) is 79.5 cm³/mol. The zero-order valence-corrected chi connectivity index (χ0v) is 12.6. The summed E-state index contributed by atoms with van der Waals surface area (Å²) in [7, 11) is 2.77. The molecule has 6 nitrogen and oxygen atoms in total. The predicted octanol–water partition coefficient (Wildman–Crippen LogP) is 1.75. The van der Waals surface area contributed by atoms with Crippen LogP contribution in [0.15, 0.2) is 40.3 Å². The molecule has 2 aromatic rings. The first kappa shape index (κ1) is 15.1. The molecule has 1 aromatic carbocycles. The molecule has 0 saturated heterocycles. The van der Waals surface area contributed by atoms with Crippen LogP contribution in [0.5, 0.6) is 5.75 Å². The van der Waals surface area contributed by atoms with Crippen LogP contribution in [0, 0.1) is 0 Å². The number of carbonyl (C=O) groups is 1. The molecule has 0 fully saturated rings. The number of aromatic nitrogens is 2. The quantitative estimate of drug-likeness (QED) is 0.487. The first-order valence-corrected chi connectivity index (χ1v) is 7.24. The van der Waals surface area contributed by atoms with E-state index in [1.807, 2.05) is 6.07 Å². The van der Waals surface area contributed by atoms with Crippen molar-refractivity contribution in [2.75, 3.05) is 20.5 Å². The number of thioether (sulfide) groups is 1. The van der Waals surface area contributed by atoms with Crippen LogP contribution in [-0.2, 0) is 4.74 Å². The van der Waals surface area contributed by atoms with Gasteiger partial charge in [-0.1, -0.05) is 23.9 Å². The molecule has 0 atom stereocenters. The van der Waals surface area contributed by atoms with Gasteiger partial charge in [-0.25, -0.2) is 9.78 Å². The highest BCUT2D eigenvalue weighted by atomic mass is 32.2. The lowest BCUT2D eigenvalue weighted by atomic mass is 10.3. The molecular weight excluding hydrogens is 292 g/mol. The fourth-order valence-electron chi connectivity index (χ4n) is 1.84. The van der Waals surface area contributed by atoms with Gasteiger partial charge in [0.05, 0.1) is 19.9 Å². The Morgan fingerprint density at radius 1 is 1.29 bits per heavy atom. The summed E-state index contributed by atoms with van der Waals surface area (Å²) in [5.41, 5.74) is 0.176. The van der Waals surface area contributed by atoms with E-state index in [9.17, 15) is 9.59 Å². The molecule has 1 aromatic heterocycles. The van der Waals surface area contributed by atoms with Gasteiger partial charge in [-0.3, -0.25) is 9.36 Å². The van der Waals surface area contributed by atoms with E-state index in [1.165, 1.54) is 30.5 Å². The summed E-state index contributed by atoms with van der Waals surface area (Å²) in [6, 6.07) is 8.25. The second-order valence-electron chi connectivity index (χ2n) is 3.97. The van der Waals surface area contributed by atoms with Crippen LogP contribution in [-0.4, -0.2) is 36.0 Å². The lowest BCUT2D eigenvalue weighted by molar-refractivity contribution is 0.0592. The van der Waals surface area contributed by atoms with Crippen molar-refractivity contribution in [1.29, 1.82) is 0 Å². The molecule has 0 spiro atoms. The van der Waals surface area contributed by atoms with E-state index in [0.717, 1.165) is 6.07 Å². The summed E-state index contributed by atoms with van der Waals surface area (Å²) >= 11 is 1.25.